The number of carboxylic acid groups (broad SMARTS) is 1. The Hall–Kier alpha value is -4.41. The monoisotopic (exact) mass is 550 g/mol. The van der Waals surface area contributed by atoms with E-state index in [0.717, 1.165) is 27.9 Å². The summed E-state index contributed by atoms with van der Waals surface area (Å²) in [6.07, 6.45) is 5.10. The van der Waals surface area contributed by atoms with Crippen molar-refractivity contribution in [3.63, 3.8) is 0 Å². The van der Waals surface area contributed by atoms with E-state index < -0.39 is 23.5 Å². The summed E-state index contributed by atoms with van der Waals surface area (Å²) in [6.45, 7) is 4.44. The Bertz CT molecular complexity index is 1440. The molecule has 0 saturated carbocycles. The molecular weight excluding hydrogens is 512 g/mol. The number of nitrogens with one attached hydrogen (secondary N) is 2. The summed E-state index contributed by atoms with van der Waals surface area (Å²) in [5.74, 6) is -0.290. The molecule has 2 aromatic heterocycles. The van der Waals surface area contributed by atoms with Gasteiger partial charge in [0.25, 0.3) is 5.56 Å². The number of fused-ring (bicyclic) bond motifs is 1. The maximum Gasteiger partial charge on any atom is 0.407 e. The lowest BCUT2D eigenvalue weighted by Gasteiger charge is -2.21. The van der Waals surface area contributed by atoms with Gasteiger partial charge in [-0.1, -0.05) is 32.1 Å². The summed E-state index contributed by atoms with van der Waals surface area (Å²) in [6, 6.07) is 9.15. The van der Waals surface area contributed by atoms with Gasteiger partial charge in [0, 0.05) is 33.9 Å². The molecule has 11 heteroatoms. The average Bonchev–Trinajstić information content (AvgIpc) is 3.31. The summed E-state index contributed by atoms with van der Waals surface area (Å²) in [7, 11) is 4.65. The Morgan fingerprint density at radius 3 is 2.58 bits per heavy atom. The second kappa shape index (κ2) is 13.6. The molecule has 11 nitrogen and oxygen atoms in total. The van der Waals surface area contributed by atoms with Crippen molar-refractivity contribution >= 4 is 34.6 Å². The van der Waals surface area contributed by atoms with E-state index in [2.05, 4.69) is 35.2 Å². The number of carbonyl (C=O) groups excluding carboxylic acids is 2. The zero-order valence-electron chi connectivity index (χ0n) is 23.7. The Morgan fingerprint density at radius 2 is 1.90 bits per heavy atom. The van der Waals surface area contributed by atoms with Crippen LogP contribution in [-0.2, 0) is 22.6 Å². The lowest BCUT2D eigenvalue weighted by atomic mass is 10.0. The molecule has 0 spiro atoms. The van der Waals surface area contributed by atoms with Crippen LogP contribution >= 0.6 is 0 Å². The van der Waals surface area contributed by atoms with Gasteiger partial charge in [0.2, 0.25) is 11.8 Å². The normalized spacial score (nSPS) is 12.2. The zero-order chi connectivity index (χ0) is 29.4. The number of amides is 3. The number of anilines is 1. The Morgan fingerprint density at radius 1 is 1.15 bits per heavy atom. The number of aromatic amines is 1. The number of hydrogen-bond acceptors (Lipinski definition) is 5. The number of aromatic nitrogens is 3. The smallest absolute Gasteiger partial charge is 0.407 e. The molecule has 0 radical (unpaired) electrons. The number of likely N-dealkylation sites (N-methyl/N-ethyl adjacent to an activating group) is 1. The van der Waals surface area contributed by atoms with E-state index in [1.54, 1.807) is 32.4 Å². The first-order valence-electron chi connectivity index (χ1n) is 13.2. The SMILES string of the molecule is CC(C)Cc1cccc2nc(Cn3cccc(NC(=O)[C@@H](CC/C=C/C(=O)N(C)C)CN(C)C(=O)O)c3=O)[nH]c12. The maximum absolute atomic E-state index is 13.2. The molecule has 214 valence electrons. The van der Waals surface area contributed by atoms with Crippen molar-refractivity contribution < 1.29 is 19.5 Å². The molecule has 3 rings (SSSR count). The molecule has 0 fully saturated rings. The number of benzene rings is 1. The third kappa shape index (κ3) is 8.05. The van der Waals surface area contributed by atoms with Crippen LogP contribution in [0.5, 0.6) is 0 Å². The van der Waals surface area contributed by atoms with Gasteiger partial charge in [0.15, 0.2) is 0 Å². The van der Waals surface area contributed by atoms with Crippen LogP contribution in [-0.4, -0.2) is 75.0 Å². The van der Waals surface area contributed by atoms with Crippen molar-refractivity contribution in [2.75, 3.05) is 33.0 Å². The highest BCUT2D eigenvalue weighted by Crippen LogP contribution is 2.20. The zero-order valence-corrected chi connectivity index (χ0v) is 23.7. The van der Waals surface area contributed by atoms with Gasteiger partial charge < -0.3 is 29.8 Å². The highest BCUT2D eigenvalue weighted by molar-refractivity contribution is 5.92. The molecule has 3 aromatic rings. The van der Waals surface area contributed by atoms with E-state index in [4.69, 9.17) is 0 Å². The first-order chi connectivity index (χ1) is 19.0. The third-order valence-electron chi connectivity index (χ3n) is 6.45. The number of allylic oxidation sites excluding steroid dienone is 1. The first-order valence-corrected chi connectivity index (χ1v) is 13.2. The van der Waals surface area contributed by atoms with Crippen molar-refractivity contribution in [3.8, 4) is 0 Å². The molecule has 0 bridgehead atoms. The molecular formula is C29H38N6O5. The van der Waals surface area contributed by atoms with Crippen LogP contribution in [0.25, 0.3) is 11.0 Å². The molecule has 0 aliphatic rings. The number of rotatable bonds is 12. The lowest BCUT2D eigenvalue weighted by molar-refractivity contribution is -0.123. The average molecular weight is 551 g/mol. The molecule has 3 amide bonds. The number of H-pyrrole nitrogens is 1. The predicted molar refractivity (Wildman–Crippen MR) is 154 cm³/mol. The predicted octanol–water partition coefficient (Wildman–Crippen LogP) is 3.56. The topological polar surface area (TPSA) is 141 Å². The summed E-state index contributed by atoms with van der Waals surface area (Å²) in [5.41, 5.74) is 2.64. The summed E-state index contributed by atoms with van der Waals surface area (Å²) >= 11 is 0. The number of carbonyl (C=O) groups is 3. The fraction of sp³-hybridized carbons (Fsp3) is 0.414. The minimum Gasteiger partial charge on any atom is -0.465 e. The Kier molecular flexibility index (Phi) is 10.2. The molecule has 0 aliphatic carbocycles. The fourth-order valence-corrected chi connectivity index (χ4v) is 4.32. The van der Waals surface area contributed by atoms with Gasteiger partial charge in [-0.3, -0.25) is 14.4 Å². The summed E-state index contributed by atoms with van der Waals surface area (Å²) in [5, 5.41) is 12.0. The van der Waals surface area contributed by atoms with Crippen molar-refractivity contribution in [3.05, 3.63) is 70.4 Å². The van der Waals surface area contributed by atoms with Crippen LogP contribution < -0.4 is 10.9 Å². The highest BCUT2D eigenvalue weighted by Gasteiger charge is 2.23. The largest absolute Gasteiger partial charge is 0.465 e. The van der Waals surface area contributed by atoms with Crippen LogP contribution in [0.3, 0.4) is 0 Å². The van der Waals surface area contributed by atoms with Crippen molar-refractivity contribution in [2.24, 2.45) is 11.8 Å². The number of para-hydroxylation sites is 1. The maximum atomic E-state index is 13.2. The van der Waals surface area contributed by atoms with Gasteiger partial charge in [-0.25, -0.2) is 9.78 Å². The van der Waals surface area contributed by atoms with E-state index in [9.17, 15) is 24.3 Å². The Labute approximate surface area is 233 Å². The molecule has 3 N–H and O–H groups in total. The third-order valence-corrected chi connectivity index (χ3v) is 6.45. The lowest BCUT2D eigenvalue weighted by Crippen LogP contribution is -2.37. The molecule has 0 saturated heterocycles. The summed E-state index contributed by atoms with van der Waals surface area (Å²) in [4.78, 5) is 60.0. The van der Waals surface area contributed by atoms with Crippen molar-refractivity contribution in [2.45, 2.75) is 39.7 Å². The van der Waals surface area contributed by atoms with E-state index in [0.29, 0.717) is 24.6 Å². The fourth-order valence-electron chi connectivity index (χ4n) is 4.32. The molecule has 1 aromatic carbocycles. The van der Waals surface area contributed by atoms with Gasteiger partial charge in [0.05, 0.1) is 23.5 Å². The standard InChI is InChI=1S/C29H38N6O5/c1-19(2)16-20-11-8-12-22-26(20)32-24(30-22)18-35-15-9-13-23(28(35)38)31-27(37)21(17-34(5)29(39)40)10-6-7-14-25(36)33(3)4/h7-9,11-15,19,21H,6,10,16-18H2,1-5H3,(H,30,32)(H,31,37)(H,39,40)/b14-7+/t21-/m0/s1. The molecule has 0 aliphatic heterocycles. The molecule has 40 heavy (non-hydrogen) atoms. The van der Waals surface area contributed by atoms with E-state index >= 15 is 0 Å². The number of pyridine rings is 1. The first kappa shape index (κ1) is 30.1. The number of hydrogen-bond donors (Lipinski definition) is 3. The number of imidazole rings is 1. The van der Waals surface area contributed by atoms with E-state index in [-0.39, 0.29) is 24.7 Å². The van der Waals surface area contributed by atoms with Crippen molar-refractivity contribution in [1.82, 2.24) is 24.3 Å². The highest BCUT2D eigenvalue weighted by atomic mass is 16.4. The summed E-state index contributed by atoms with van der Waals surface area (Å²) < 4.78 is 1.46. The van der Waals surface area contributed by atoms with Gasteiger partial charge in [-0.2, -0.15) is 0 Å². The molecule has 0 unspecified atom stereocenters. The minimum absolute atomic E-state index is 0.0602. The Balaban J connectivity index is 1.77. The van der Waals surface area contributed by atoms with Gasteiger partial charge in [0.1, 0.15) is 11.5 Å². The minimum atomic E-state index is -1.17. The van der Waals surface area contributed by atoms with Gasteiger partial charge >= 0.3 is 6.09 Å². The van der Waals surface area contributed by atoms with Crippen LogP contribution in [0.2, 0.25) is 0 Å². The van der Waals surface area contributed by atoms with Crippen LogP contribution in [0.4, 0.5) is 10.5 Å². The van der Waals surface area contributed by atoms with E-state index in [1.807, 2.05) is 12.1 Å². The van der Waals surface area contributed by atoms with Gasteiger partial charge in [-0.15, -0.1) is 0 Å². The van der Waals surface area contributed by atoms with Gasteiger partial charge in [-0.05, 0) is 55.0 Å². The van der Waals surface area contributed by atoms with Crippen LogP contribution in [0.1, 0.15) is 38.1 Å². The number of nitrogens with zero attached hydrogens (tertiary/aromatic N) is 4. The second-order valence-electron chi connectivity index (χ2n) is 10.5. The molecule has 1 atom stereocenters. The van der Waals surface area contributed by atoms with E-state index in [1.165, 1.54) is 28.7 Å². The molecule has 2 heterocycles. The van der Waals surface area contributed by atoms with Crippen molar-refractivity contribution in [1.29, 1.82) is 0 Å². The quantitative estimate of drug-likeness (QED) is 0.295. The second-order valence-corrected chi connectivity index (χ2v) is 10.5. The van der Waals surface area contributed by atoms with Crippen LogP contribution in [0.15, 0.2) is 53.5 Å². The van der Waals surface area contributed by atoms with Crippen LogP contribution in [0, 0.1) is 11.8 Å².